The van der Waals surface area contributed by atoms with Crippen molar-refractivity contribution in [3.05, 3.63) is 58.0 Å². The highest BCUT2D eigenvalue weighted by molar-refractivity contribution is 5.91. The van der Waals surface area contributed by atoms with E-state index in [0.29, 0.717) is 18.8 Å². The van der Waals surface area contributed by atoms with Crippen LogP contribution < -0.4 is 10.5 Å². The van der Waals surface area contributed by atoms with E-state index < -0.39 is 17.2 Å². The van der Waals surface area contributed by atoms with E-state index >= 15 is 0 Å². The first-order chi connectivity index (χ1) is 12.6. The van der Waals surface area contributed by atoms with Gasteiger partial charge in [0.15, 0.2) is 0 Å². The van der Waals surface area contributed by atoms with Crippen molar-refractivity contribution in [1.29, 1.82) is 5.26 Å². The van der Waals surface area contributed by atoms with Gasteiger partial charge in [-0.3, -0.25) is 0 Å². The molecule has 132 valence electrons. The second-order valence-electron chi connectivity index (χ2n) is 5.67. The zero-order valence-electron chi connectivity index (χ0n) is 13.8. The number of aliphatic carboxylic acids is 1. The number of benzene rings is 1. The Morgan fingerprint density at radius 3 is 2.73 bits per heavy atom. The summed E-state index contributed by atoms with van der Waals surface area (Å²) in [6.45, 7) is 2.90. The number of anilines is 1. The van der Waals surface area contributed by atoms with Crippen molar-refractivity contribution >= 4 is 28.7 Å². The summed E-state index contributed by atoms with van der Waals surface area (Å²) in [5.41, 5.74) is 0.775. The molecule has 26 heavy (non-hydrogen) atoms. The first-order valence-corrected chi connectivity index (χ1v) is 8.01. The van der Waals surface area contributed by atoms with Crippen LogP contribution in [0.4, 0.5) is 5.69 Å². The van der Waals surface area contributed by atoms with E-state index in [1.165, 1.54) is 12.2 Å². The molecule has 0 unspecified atom stereocenters. The molecule has 1 aromatic heterocycles. The number of carbonyl (C=O) groups is 1. The van der Waals surface area contributed by atoms with Crippen LogP contribution in [0, 0.1) is 11.3 Å². The number of hydrogen-bond acceptors (Lipinski definition) is 6. The molecule has 7 heteroatoms. The Balaban J connectivity index is 1.90. The monoisotopic (exact) mass is 352 g/mol. The molecule has 2 aromatic rings. The van der Waals surface area contributed by atoms with E-state index in [0.717, 1.165) is 30.2 Å². The lowest BCUT2D eigenvalue weighted by Crippen LogP contribution is -2.36. The van der Waals surface area contributed by atoms with Crippen LogP contribution in [0.25, 0.3) is 17.0 Å². The van der Waals surface area contributed by atoms with Crippen LogP contribution in [0.5, 0.6) is 0 Å². The SMILES string of the molecule is N#CC(=CC=Cc1cc2ccc(N3CCOCC3)cc2oc1=O)C(=O)O. The molecule has 0 radical (unpaired) electrons. The molecule has 1 aliphatic heterocycles. The number of nitrogens with zero attached hydrogens (tertiary/aromatic N) is 2. The van der Waals surface area contributed by atoms with E-state index in [9.17, 15) is 9.59 Å². The standard InChI is InChI=1S/C19H16N2O5/c20-12-15(18(22)23)3-1-2-14-10-13-4-5-16(11-17(13)26-19(14)24)21-6-8-25-9-7-21/h1-5,10-11H,6-9H2,(H,22,23). The maximum atomic E-state index is 12.1. The van der Waals surface area contributed by atoms with E-state index in [4.69, 9.17) is 19.5 Å². The van der Waals surface area contributed by atoms with Gasteiger partial charge < -0.3 is 19.2 Å². The van der Waals surface area contributed by atoms with Gasteiger partial charge in [-0.15, -0.1) is 0 Å². The third-order valence-electron chi connectivity index (χ3n) is 4.01. The Bertz CT molecular complexity index is 991. The van der Waals surface area contributed by atoms with E-state index in [2.05, 4.69) is 4.90 Å². The molecule has 1 fully saturated rings. The minimum Gasteiger partial charge on any atom is -0.477 e. The number of carboxylic acids is 1. The smallest absolute Gasteiger partial charge is 0.346 e. The van der Waals surface area contributed by atoms with Gasteiger partial charge in [-0.05, 0) is 30.4 Å². The summed E-state index contributed by atoms with van der Waals surface area (Å²) in [5.74, 6) is -1.32. The van der Waals surface area contributed by atoms with Gasteiger partial charge in [-0.2, -0.15) is 5.26 Å². The van der Waals surface area contributed by atoms with Crippen LogP contribution in [0.2, 0.25) is 0 Å². The number of morpholine rings is 1. The first-order valence-electron chi connectivity index (χ1n) is 8.01. The average molecular weight is 352 g/mol. The summed E-state index contributed by atoms with van der Waals surface area (Å²) < 4.78 is 10.7. The molecule has 1 aliphatic rings. The van der Waals surface area contributed by atoms with Crippen molar-refractivity contribution in [3.63, 3.8) is 0 Å². The fourth-order valence-electron chi connectivity index (χ4n) is 2.65. The third kappa shape index (κ3) is 3.82. The normalized spacial score (nSPS) is 15.3. The van der Waals surface area contributed by atoms with Gasteiger partial charge in [0, 0.05) is 30.2 Å². The Hall–Kier alpha value is -3.37. The highest BCUT2D eigenvalue weighted by atomic mass is 16.5. The lowest BCUT2D eigenvalue weighted by molar-refractivity contribution is -0.132. The molecule has 0 amide bonds. The van der Waals surface area contributed by atoms with Crippen molar-refractivity contribution in [2.75, 3.05) is 31.2 Å². The van der Waals surface area contributed by atoms with Crippen molar-refractivity contribution in [2.24, 2.45) is 0 Å². The number of allylic oxidation sites excluding steroid dienone is 2. The van der Waals surface area contributed by atoms with Crippen LogP contribution in [-0.4, -0.2) is 37.4 Å². The van der Waals surface area contributed by atoms with Crippen LogP contribution in [0.15, 0.2) is 51.2 Å². The van der Waals surface area contributed by atoms with Gasteiger partial charge in [0.05, 0.1) is 18.8 Å². The van der Waals surface area contributed by atoms with Crippen molar-refractivity contribution < 1.29 is 19.1 Å². The first kappa shape index (κ1) is 17.5. The molecule has 0 spiro atoms. The predicted molar refractivity (Wildman–Crippen MR) is 95.9 cm³/mol. The van der Waals surface area contributed by atoms with Crippen molar-refractivity contribution in [3.8, 4) is 6.07 Å². The second kappa shape index (κ2) is 7.68. The second-order valence-corrected chi connectivity index (χ2v) is 5.67. The average Bonchev–Trinajstić information content (AvgIpc) is 2.65. The van der Waals surface area contributed by atoms with Crippen LogP contribution in [0.1, 0.15) is 5.56 Å². The molecule has 0 bridgehead atoms. The molecular weight excluding hydrogens is 336 g/mol. The van der Waals surface area contributed by atoms with Crippen LogP contribution in [0.3, 0.4) is 0 Å². The van der Waals surface area contributed by atoms with Gasteiger partial charge in [0.25, 0.3) is 0 Å². The minimum absolute atomic E-state index is 0.274. The molecule has 2 heterocycles. The molecule has 3 rings (SSSR count). The largest absolute Gasteiger partial charge is 0.477 e. The lowest BCUT2D eigenvalue weighted by Gasteiger charge is -2.28. The fourth-order valence-corrected chi connectivity index (χ4v) is 2.65. The summed E-state index contributed by atoms with van der Waals surface area (Å²) >= 11 is 0. The van der Waals surface area contributed by atoms with E-state index in [1.807, 2.05) is 18.2 Å². The van der Waals surface area contributed by atoms with Gasteiger partial charge in [-0.25, -0.2) is 9.59 Å². The van der Waals surface area contributed by atoms with Gasteiger partial charge in [0.2, 0.25) is 0 Å². The van der Waals surface area contributed by atoms with Crippen LogP contribution >= 0.6 is 0 Å². The van der Waals surface area contributed by atoms with E-state index in [1.54, 1.807) is 12.1 Å². The summed E-state index contributed by atoms with van der Waals surface area (Å²) in [6.07, 6.45) is 3.89. The zero-order chi connectivity index (χ0) is 18.5. The molecule has 0 aliphatic carbocycles. The van der Waals surface area contributed by atoms with Gasteiger partial charge in [-0.1, -0.05) is 6.08 Å². The number of carboxylic acid groups (broad SMARTS) is 1. The molecule has 1 N–H and O–H groups in total. The molecule has 7 nitrogen and oxygen atoms in total. The highest BCUT2D eigenvalue weighted by Crippen LogP contribution is 2.23. The Labute approximate surface area is 149 Å². The molecule has 1 saturated heterocycles. The third-order valence-corrected chi connectivity index (χ3v) is 4.01. The number of ether oxygens (including phenoxy) is 1. The zero-order valence-corrected chi connectivity index (χ0v) is 13.8. The van der Waals surface area contributed by atoms with E-state index in [-0.39, 0.29) is 5.56 Å². The number of hydrogen-bond donors (Lipinski definition) is 1. The van der Waals surface area contributed by atoms with Crippen molar-refractivity contribution in [2.45, 2.75) is 0 Å². The number of nitriles is 1. The minimum atomic E-state index is -1.32. The lowest BCUT2D eigenvalue weighted by atomic mass is 10.1. The highest BCUT2D eigenvalue weighted by Gasteiger charge is 2.12. The summed E-state index contributed by atoms with van der Waals surface area (Å²) in [5, 5.41) is 18.2. The number of fused-ring (bicyclic) bond motifs is 1. The predicted octanol–water partition coefficient (Wildman–Crippen LogP) is 2.18. The molecular formula is C19H16N2O5. The van der Waals surface area contributed by atoms with Crippen molar-refractivity contribution in [1.82, 2.24) is 0 Å². The Kier molecular flexibility index (Phi) is 5.15. The molecule has 0 saturated carbocycles. The fraction of sp³-hybridized carbons (Fsp3) is 0.211. The van der Waals surface area contributed by atoms with Crippen LogP contribution in [-0.2, 0) is 9.53 Å². The molecule has 0 atom stereocenters. The quantitative estimate of drug-likeness (QED) is 0.389. The topological polar surface area (TPSA) is 104 Å². The summed E-state index contributed by atoms with van der Waals surface area (Å²) in [7, 11) is 0. The summed E-state index contributed by atoms with van der Waals surface area (Å²) in [4.78, 5) is 25.1. The molecule has 1 aromatic carbocycles. The Morgan fingerprint density at radius 2 is 2.04 bits per heavy atom. The van der Waals surface area contributed by atoms with Gasteiger partial charge >= 0.3 is 11.6 Å². The Morgan fingerprint density at radius 1 is 1.27 bits per heavy atom. The van der Waals surface area contributed by atoms with Gasteiger partial charge in [0.1, 0.15) is 17.2 Å². The summed E-state index contributed by atoms with van der Waals surface area (Å²) in [6, 6.07) is 8.89. The maximum absolute atomic E-state index is 12.1. The number of rotatable bonds is 4. The maximum Gasteiger partial charge on any atom is 0.346 e.